The van der Waals surface area contributed by atoms with Gasteiger partial charge in [-0.05, 0) is 58.2 Å². The quantitative estimate of drug-likeness (QED) is 0.913. The predicted octanol–water partition coefficient (Wildman–Crippen LogP) is 3.53. The molecule has 0 saturated carbocycles. The zero-order valence-corrected chi connectivity index (χ0v) is 13.4. The van der Waals surface area contributed by atoms with Crippen LogP contribution in [0.15, 0.2) is 12.1 Å². The van der Waals surface area contributed by atoms with E-state index in [9.17, 15) is 0 Å². The van der Waals surface area contributed by atoms with E-state index in [1.165, 1.54) is 23.1 Å². The minimum atomic E-state index is -0.165. The van der Waals surface area contributed by atoms with Crippen molar-refractivity contribution in [3.05, 3.63) is 28.8 Å². The van der Waals surface area contributed by atoms with Crippen LogP contribution in [0, 0.1) is 13.8 Å². The molecule has 1 saturated heterocycles. The molecule has 1 aromatic carbocycles. The molecule has 112 valence electrons. The molecule has 0 aliphatic carbocycles. The van der Waals surface area contributed by atoms with E-state index in [1.807, 2.05) is 7.05 Å². The van der Waals surface area contributed by atoms with Crippen LogP contribution in [0.2, 0.25) is 0 Å². The highest BCUT2D eigenvalue weighted by atomic mass is 16.5. The fraction of sp³-hybridized carbons (Fsp3) is 0.647. The Labute approximate surface area is 122 Å². The molecule has 1 N–H and O–H groups in total. The third-order valence-corrected chi connectivity index (χ3v) is 4.62. The summed E-state index contributed by atoms with van der Waals surface area (Å²) in [5, 5.41) is 3.44. The number of hydrogen-bond donors (Lipinski definition) is 1. The SMILES string of the molecule is CNC(c1ccc(C)c(C)c1OC)C1(C)CCCCO1. The monoisotopic (exact) mass is 277 g/mol. The van der Waals surface area contributed by atoms with E-state index in [2.05, 4.69) is 38.2 Å². The van der Waals surface area contributed by atoms with Gasteiger partial charge in [-0.3, -0.25) is 0 Å². The Morgan fingerprint density at radius 2 is 2.05 bits per heavy atom. The number of benzene rings is 1. The van der Waals surface area contributed by atoms with Gasteiger partial charge >= 0.3 is 0 Å². The van der Waals surface area contributed by atoms with E-state index >= 15 is 0 Å². The van der Waals surface area contributed by atoms with Gasteiger partial charge in [0, 0.05) is 12.2 Å². The molecule has 1 aromatic rings. The van der Waals surface area contributed by atoms with Gasteiger partial charge in [-0.25, -0.2) is 0 Å². The number of aryl methyl sites for hydroxylation is 1. The van der Waals surface area contributed by atoms with Crippen molar-refractivity contribution in [1.82, 2.24) is 5.32 Å². The first kappa shape index (κ1) is 15.3. The second-order valence-electron chi connectivity index (χ2n) is 5.97. The molecule has 0 radical (unpaired) electrons. The molecule has 20 heavy (non-hydrogen) atoms. The molecular formula is C17H27NO2. The van der Waals surface area contributed by atoms with Gasteiger partial charge in [0.25, 0.3) is 0 Å². The lowest BCUT2D eigenvalue weighted by molar-refractivity contribution is -0.0888. The predicted molar refractivity (Wildman–Crippen MR) is 82.5 cm³/mol. The van der Waals surface area contributed by atoms with E-state index in [0.29, 0.717) is 0 Å². The van der Waals surface area contributed by atoms with Crippen LogP contribution in [0.5, 0.6) is 5.75 Å². The molecule has 2 rings (SSSR count). The van der Waals surface area contributed by atoms with Crippen LogP contribution < -0.4 is 10.1 Å². The summed E-state index contributed by atoms with van der Waals surface area (Å²) in [4.78, 5) is 0. The van der Waals surface area contributed by atoms with Gasteiger partial charge in [0.1, 0.15) is 5.75 Å². The topological polar surface area (TPSA) is 30.5 Å². The maximum absolute atomic E-state index is 6.12. The first-order chi connectivity index (χ1) is 9.53. The highest BCUT2D eigenvalue weighted by molar-refractivity contribution is 5.47. The summed E-state index contributed by atoms with van der Waals surface area (Å²) < 4.78 is 11.8. The summed E-state index contributed by atoms with van der Waals surface area (Å²) in [5.74, 6) is 0.986. The Morgan fingerprint density at radius 1 is 1.30 bits per heavy atom. The van der Waals surface area contributed by atoms with Crippen LogP contribution in [0.3, 0.4) is 0 Å². The first-order valence-corrected chi connectivity index (χ1v) is 7.49. The Balaban J connectivity index is 2.44. The molecule has 1 fully saturated rings. The lowest BCUT2D eigenvalue weighted by atomic mass is 9.83. The second-order valence-corrected chi connectivity index (χ2v) is 5.97. The molecule has 1 aliphatic rings. The molecule has 0 aromatic heterocycles. The number of likely N-dealkylation sites (N-methyl/N-ethyl adjacent to an activating group) is 1. The summed E-state index contributed by atoms with van der Waals surface area (Å²) in [6, 6.07) is 4.49. The minimum Gasteiger partial charge on any atom is -0.496 e. The maximum atomic E-state index is 6.12. The highest BCUT2D eigenvalue weighted by Gasteiger charge is 2.38. The molecule has 2 atom stereocenters. The zero-order chi connectivity index (χ0) is 14.8. The van der Waals surface area contributed by atoms with Crippen molar-refractivity contribution in [2.45, 2.75) is 51.7 Å². The zero-order valence-electron chi connectivity index (χ0n) is 13.4. The summed E-state index contributed by atoms with van der Waals surface area (Å²) in [5.41, 5.74) is 3.50. The van der Waals surface area contributed by atoms with Crippen molar-refractivity contribution in [3.8, 4) is 5.75 Å². The standard InChI is InChI=1S/C17H27NO2/c1-12-8-9-14(15(19-5)13(12)2)16(18-4)17(3)10-6-7-11-20-17/h8-9,16,18H,6-7,10-11H2,1-5H3. The minimum absolute atomic E-state index is 0.150. The average molecular weight is 277 g/mol. The number of rotatable bonds is 4. The summed E-state index contributed by atoms with van der Waals surface area (Å²) in [6.45, 7) is 7.30. The van der Waals surface area contributed by atoms with Crippen LogP contribution in [0.25, 0.3) is 0 Å². The Bertz CT molecular complexity index is 464. The number of ether oxygens (including phenoxy) is 2. The fourth-order valence-corrected chi connectivity index (χ4v) is 3.28. The van der Waals surface area contributed by atoms with Gasteiger partial charge in [-0.1, -0.05) is 12.1 Å². The van der Waals surface area contributed by atoms with Crippen LogP contribution >= 0.6 is 0 Å². The number of hydrogen-bond acceptors (Lipinski definition) is 3. The van der Waals surface area contributed by atoms with Gasteiger partial charge in [0.15, 0.2) is 0 Å². The average Bonchev–Trinajstić information content (AvgIpc) is 2.44. The molecule has 2 unspecified atom stereocenters. The van der Waals surface area contributed by atoms with Crippen molar-refractivity contribution in [2.75, 3.05) is 20.8 Å². The molecule has 1 heterocycles. The Kier molecular flexibility index (Phi) is 4.71. The molecule has 0 bridgehead atoms. The number of nitrogens with one attached hydrogen (secondary N) is 1. The van der Waals surface area contributed by atoms with Crippen molar-refractivity contribution in [1.29, 1.82) is 0 Å². The summed E-state index contributed by atoms with van der Waals surface area (Å²) in [7, 11) is 3.75. The maximum Gasteiger partial charge on any atom is 0.126 e. The smallest absolute Gasteiger partial charge is 0.126 e. The Hall–Kier alpha value is -1.06. The fourth-order valence-electron chi connectivity index (χ4n) is 3.28. The molecule has 3 heteroatoms. The van der Waals surface area contributed by atoms with Crippen LogP contribution in [-0.4, -0.2) is 26.4 Å². The van der Waals surface area contributed by atoms with Crippen molar-refractivity contribution in [2.24, 2.45) is 0 Å². The van der Waals surface area contributed by atoms with E-state index < -0.39 is 0 Å². The lowest BCUT2D eigenvalue weighted by Gasteiger charge is -2.41. The lowest BCUT2D eigenvalue weighted by Crippen LogP contribution is -2.45. The normalized spacial score (nSPS) is 24.4. The molecule has 1 aliphatic heterocycles. The largest absolute Gasteiger partial charge is 0.496 e. The second kappa shape index (κ2) is 6.15. The third-order valence-electron chi connectivity index (χ3n) is 4.62. The van der Waals surface area contributed by atoms with Gasteiger partial charge in [0.05, 0.1) is 18.8 Å². The van der Waals surface area contributed by atoms with Gasteiger partial charge in [0.2, 0.25) is 0 Å². The van der Waals surface area contributed by atoms with Gasteiger partial charge < -0.3 is 14.8 Å². The summed E-state index contributed by atoms with van der Waals surface area (Å²) in [6.07, 6.45) is 3.46. The Morgan fingerprint density at radius 3 is 2.60 bits per heavy atom. The summed E-state index contributed by atoms with van der Waals surface area (Å²) >= 11 is 0. The van der Waals surface area contributed by atoms with Crippen LogP contribution in [-0.2, 0) is 4.74 Å². The van der Waals surface area contributed by atoms with Crippen LogP contribution in [0.4, 0.5) is 0 Å². The molecule has 0 amide bonds. The van der Waals surface area contributed by atoms with E-state index in [-0.39, 0.29) is 11.6 Å². The van der Waals surface area contributed by atoms with Crippen LogP contribution in [0.1, 0.15) is 48.9 Å². The third kappa shape index (κ3) is 2.70. The van der Waals surface area contributed by atoms with Crippen molar-refractivity contribution >= 4 is 0 Å². The van der Waals surface area contributed by atoms with Gasteiger partial charge in [-0.15, -0.1) is 0 Å². The molecule has 0 spiro atoms. The van der Waals surface area contributed by atoms with E-state index in [1.54, 1.807) is 7.11 Å². The van der Waals surface area contributed by atoms with Crippen molar-refractivity contribution in [3.63, 3.8) is 0 Å². The molecular weight excluding hydrogens is 250 g/mol. The molecule has 3 nitrogen and oxygen atoms in total. The highest BCUT2D eigenvalue weighted by Crippen LogP contribution is 2.41. The first-order valence-electron chi connectivity index (χ1n) is 7.49. The number of methoxy groups -OCH3 is 1. The van der Waals surface area contributed by atoms with E-state index in [4.69, 9.17) is 9.47 Å². The van der Waals surface area contributed by atoms with Crippen molar-refractivity contribution < 1.29 is 9.47 Å². The van der Waals surface area contributed by atoms with Gasteiger partial charge in [-0.2, -0.15) is 0 Å². The van der Waals surface area contributed by atoms with E-state index in [0.717, 1.165) is 25.2 Å².